The highest BCUT2D eigenvalue weighted by Gasteiger charge is 2.08. The van der Waals surface area contributed by atoms with Crippen LogP contribution in [0.15, 0.2) is 12.1 Å². The quantitative estimate of drug-likeness (QED) is 0.697. The molecule has 1 aromatic rings. The van der Waals surface area contributed by atoms with Crippen LogP contribution in [0.4, 0.5) is 5.82 Å². The molecule has 1 aromatic heterocycles. The van der Waals surface area contributed by atoms with E-state index in [-0.39, 0.29) is 18.2 Å². The molecule has 0 saturated heterocycles. The molecule has 6 nitrogen and oxygen atoms in total. The third-order valence-corrected chi connectivity index (χ3v) is 2.68. The summed E-state index contributed by atoms with van der Waals surface area (Å²) in [6.07, 6.45) is 1.19. The number of aryl methyl sites for hydroxylation is 1. The highest BCUT2D eigenvalue weighted by atomic mass is 16.2. The zero-order chi connectivity index (χ0) is 15.0. The van der Waals surface area contributed by atoms with Crippen molar-refractivity contribution in [2.45, 2.75) is 26.7 Å². The van der Waals surface area contributed by atoms with Gasteiger partial charge >= 0.3 is 0 Å². The minimum Gasteiger partial charge on any atom is -0.373 e. The predicted molar refractivity (Wildman–Crippen MR) is 78.8 cm³/mol. The van der Waals surface area contributed by atoms with Crippen LogP contribution in [0.3, 0.4) is 0 Å². The molecule has 0 saturated carbocycles. The Morgan fingerprint density at radius 1 is 1.20 bits per heavy atom. The Hall–Kier alpha value is -2.11. The van der Waals surface area contributed by atoms with E-state index in [0.29, 0.717) is 24.5 Å². The zero-order valence-electron chi connectivity index (χ0n) is 12.2. The molecule has 0 radical (unpaired) electrons. The lowest BCUT2D eigenvalue weighted by Crippen LogP contribution is -2.31. The van der Waals surface area contributed by atoms with Crippen LogP contribution in [0.2, 0.25) is 0 Å². The molecule has 0 bridgehead atoms. The molecule has 2 amide bonds. The molecule has 1 heterocycles. The van der Waals surface area contributed by atoms with Crippen LogP contribution >= 0.6 is 0 Å². The molecule has 0 aliphatic rings. The van der Waals surface area contributed by atoms with Gasteiger partial charge in [-0.25, -0.2) is 4.98 Å². The second-order valence-electron chi connectivity index (χ2n) is 4.49. The van der Waals surface area contributed by atoms with E-state index in [9.17, 15) is 9.59 Å². The van der Waals surface area contributed by atoms with Gasteiger partial charge in [0.2, 0.25) is 5.91 Å². The predicted octanol–water partition coefficient (Wildman–Crippen LogP) is 1.08. The maximum absolute atomic E-state index is 12.0. The standard InChI is InChI=1S/C14H22N4O2/c1-4-6-16-13(19)5-7-17-14(20)11-8-10(2)18-12(9-11)15-3/h8-9H,4-7H2,1-3H3,(H,15,18)(H,16,19)(H,17,20). The summed E-state index contributed by atoms with van der Waals surface area (Å²) < 4.78 is 0. The lowest BCUT2D eigenvalue weighted by Gasteiger charge is -2.08. The Kier molecular flexibility index (Phi) is 6.49. The van der Waals surface area contributed by atoms with Crippen molar-refractivity contribution in [3.05, 3.63) is 23.4 Å². The van der Waals surface area contributed by atoms with E-state index in [1.807, 2.05) is 13.8 Å². The molecule has 0 fully saturated rings. The monoisotopic (exact) mass is 278 g/mol. The maximum Gasteiger partial charge on any atom is 0.251 e. The summed E-state index contributed by atoms with van der Waals surface area (Å²) in [4.78, 5) is 27.6. The summed E-state index contributed by atoms with van der Waals surface area (Å²) in [6, 6.07) is 3.40. The first-order valence-corrected chi connectivity index (χ1v) is 6.78. The van der Waals surface area contributed by atoms with Gasteiger partial charge in [0.15, 0.2) is 0 Å². The molecule has 110 valence electrons. The Bertz CT molecular complexity index is 474. The van der Waals surface area contributed by atoms with E-state index in [1.54, 1.807) is 19.2 Å². The molecular weight excluding hydrogens is 256 g/mol. The molecule has 20 heavy (non-hydrogen) atoms. The average Bonchev–Trinajstić information content (AvgIpc) is 2.44. The fraction of sp³-hybridized carbons (Fsp3) is 0.500. The second-order valence-corrected chi connectivity index (χ2v) is 4.49. The number of carbonyl (C=O) groups excluding carboxylic acids is 2. The zero-order valence-corrected chi connectivity index (χ0v) is 12.2. The largest absolute Gasteiger partial charge is 0.373 e. The van der Waals surface area contributed by atoms with Crippen molar-refractivity contribution in [3.63, 3.8) is 0 Å². The summed E-state index contributed by atoms with van der Waals surface area (Å²) in [5, 5.41) is 8.40. The topological polar surface area (TPSA) is 83.1 Å². The number of pyridine rings is 1. The molecule has 0 aromatic carbocycles. The minimum absolute atomic E-state index is 0.0472. The van der Waals surface area contributed by atoms with Crippen molar-refractivity contribution in [2.24, 2.45) is 0 Å². The number of nitrogens with zero attached hydrogens (tertiary/aromatic N) is 1. The van der Waals surface area contributed by atoms with Gasteiger partial charge < -0.3 is 16.0 Å². The van der Waals surface area contributed by atoms with E-state index < -0.39 is 0 Å². The minimum atomic E-state index is -0.199. The van der Waals surface area contributed by atoms with Gasteiger partial charge in [-0.3, -0.25) is 9.59 Å². The first-order valence-electron chi connectivity index (χ1n) is 6.78. The fourth-order valence-corrected chi connectivity index (χ4v) is 1.67. The maximum atomic E-state index is 12.0. The Balaban J connectivity index is 2.47. The molecule has 0 aliphatic carbocycles. The van der Waals surface area contributed by atoms with Gasteiger partial charge in [0, 0.05) is 37.8 Å². The van der Waals surface area contributed by atoms with Gasteiger partial charge in [0.25, 0.3) is 5.91 Å². The Morgan fingerprint density at radius 3 is 2.60 bits per heavy atom. The van der Waals surface area contributed by atoms with E-state index in [0.717, 1.165) is 12.1 Å². The number of carbonyl (C=O) groups is 2. The van der Waals surface area contributed by atoms with Gasteiger partial charge in [0.05, 0.1) is 0 Å². The summed E-state index contributed by atoms with van der Waals surface area (Å²) in [6.45, 7) is 4.81. The molecule has 0 atom stereocenters. The van der Waals surface area contributed by atoms with E-state index in [4.69, 9.17) is 0 Å². The van der Waals surface area contributed by atoms with Crippen LogP contribution < -0.4 is 16.0 Å². The normalized spacial score (nSPS) is 9.95. The van der Waals surface area contributed by atoms with Gasteiger partial charge in [-0.1, -0.05) is 6.92 Å². The molecular formula is C14H22N4O2. The van der Waals surface area contributed by atoms with Crippen LogP contribution in [-0.2, 0) is 4.79 Å². The van der Waals surface area contributed by atoms with Gasteiger partial charge in [0.1, 0.15) is 5.82 Å². The first kappa shape index (κ1) is 15.9. The molecule has 0 unspecified atom stereocenters. The number of nitrogens with one attached hydrogen (secondary N) is 3. The summed E-state index contributed by atoms with van der Waals surface area (Å²) in [5.41, 5.74) is 1.30. The summed E-state index contributed by atoms with van der Waals surface area (Å²) >= 11 is 0. The van der Waals surface area contributed by atoms with Crippen molar-refractivity contribution in [1.82, 2.24) is 15.6 Å². The smallest absolute Gasteiger partial charge is 0.251 e. The van der Waals surface area contributed by atoms with Crippen LogP contribution in [0.5, 0.6) is 0 Å². The van der Waals surface area contributed by atoms with Crippen LogP contribution in [0.1, 0.15) is 35.8 Å². The Morgan fingerprint density at radius 2 is 1.95 bits per heavy atom. The number of amides is 2. The fourth-order valence-electron chi connectivity index (χ4n) is 1.67. The Labute approximate surface area is 119 Å². The van der Waals surface area contributed by atoms with Gasteiger partial charge in [-0.15, -0.1) is 0 Å². The SMILES string of the molecule is CCCNC(=O)CCNC(=O)c1cc(C)nc(NC)c1. The third-order valence-electron chi connectivity index (χ3n) is 2.68. The number of aromatic nitrogens is 1. The van der Waals surface area contributed by atoms with Crippen LogP contribution in [0.25, 0.3) is 0 Å². The van der Waals surface area contributed by atoms with Crippen molar-refractivity contribution >= 4 is 17.6 Å². The number of hydrogen-bond donors (Lipinski definition) is 3. The first-order chi connectivity index (χ1) is 9.56. The van der Waals surface area contributed by atoms with Gasteiger partial charge in [-0.05, 0) is 25.5 Å². The summed E-state index contributed by atoms with van der Waals surface area (Å²) in [5.74, 6) is 0.403. The van der Waals surface area contributed by atoms with Crippen molar-refractivity contribution in [3.8, 4) is 0 Å². The van der Waals surface area contributed by atoms with E-state index in [2.05, 4.69) is 20.9 Å². The third kappa shape index (κ3) is 5.26. The molecule has 1 rings (SSSR count). The number of rotatable bonds is 7. The molecule has 0 aliphatic heterocycles. The lowest BCUT2D eigenvalue weighted by atomic mass is 10.2. The number of hydrogen-bond acceptors (Lipinski definition) is 4. The van der Waals surface area contributed by atoms with Crippen molar-refractivity contribution < 1.29 is 9.59 Å². The van der Waals surface area contributed by atoms with Crippen molar-refractivity contribution in [1.29, 1.82) is 0 Å². The van der Waals surface area contributed by atoms with E-state index in [1.165, 1.54) is 0 Å². The van der Waals surface area contributed by atoms with E-state index >= 15 is 0 Å². The van der Waals surface area contributed by atoms with Crippen molar-refractivity contribution in [2.75, 3.05) is 25.5 Å². The van der Waals surface area contributed by atoms with Crippen LogP contribution in [0, 0.1) is 6.92 Å². The highest BCUT2D eigenvalue weighted by Crippen LogP contribution is 2.09. The summed E-state index contributed by atoms with van der Waals surface area (Å²) in [7, 11) is 1.75. The molecule has 3 N–H and O–H groups in total. The number of anilines is 1. The average molecular weight is 278 g/mol. The van der Waals surface area contributed by atoms with Crippen LogP contribution in [-0.4, -0.2) is 36.9 Å². The second kappa shape index (κ2) is 8.14. The highest BCUT2D eigenvalue weighted by molar-refractivity contribution is 5.95. The lowest BCUT2D eigenvalue weighted by molar-refractivity contribution is -0.120. The molecule has 6 heteroatoms. The van der Waals surface area contributed by atoms with Gasteiger partial charge in [-0.2, -0.15) is 0 Å². The molecule has 0 spiro atoms.